The van der Waals surface area contributed by atoms with Gasteiger partial charge in [-0.2, -0.15) is 0 Å². The van der Waals surface area contributed by atoms with Gasteiger partial charge < -0.3 is 19.4 Å². The predicted molar refractivity (Wildman–Crippen MR) is 111 cm³/mol. The van der Waals surface area contributed by atoms with Crippen LogP contribution >= 0.6 is 0 Å². The van der Waals surface area contributed by atoms with E-state index in [0.717, 1.165) is 26.1 Å². The molecule has 2 fully saturated rings. The van der Waals surface area contributed by atoms with Crippen LogP contribution in [0.1, 0.15) is 5.56 Å². The minimum Gasteiger partial charge on any atom is -0.378 e. The number of hydrogen-bond acceptors (Lipinski definition) is 4. The fourth-order valence-corrected chi connectivity index (χ4v) is 4.93. The molecule has 0 aromatic heterocycles. The highest BCUT2D eigenvalue weighted by molar-refractivity contribution is 5.82. The van der Waals surface area contributed by atoms with E-state index in [-0.39, 0.29) is 12.0 Å². The van der Waals surface area contributed by atoms with E-state index < -0.39 is 0 Å². The number of nitrogens with zero attached hydrogens (tertiary/aromatic N) is 3. The van der Waals surface area contributed by atoms with Gasteiger partial charge in [-0.3, -0.25) is 4.79 Å². The van der Waals surface area contributed by atoms with Crippen LogP contribution in [0.25, 0.3) is 0 Å². The fraction of sp³-hybridized carbons (Fsp3) is 0.435. The summed E-state index contributed by atoms with van der Waals surface area (Å²) in [7, 11) is 0. The summed E-state index contributed by atoms with van der Waals surface area (Å²) in [5.41, 5.74) is 3.86. The van der Waals surface area contributed by atoms with Crippen molar-refractivity contribution in [3.05, 3.63) is 60.2 Å². The van der Waals surface area contributed by atoms with Crippen LogP contribution in [0, 0.1) is 5.92 Å². The van der Waals surface area contributed by atoms with Crippen LogP contribution in [0.3, 0.4) is 0 Å². The second kappa shape index (κ2) is 7.47. The molecule has 2 aromatic rings. The molecule has 0 radical (unpaired) electrons. The molecule has 2 saturated heterocycles. The van der Waals surface area contributed by atoms with Gasteiger partial charge in [0.1, 0.15) is 0 Å². The predicted octanol–water partition coefficient (Wildman–Crippen LogP) is 2.41. The van der Waals surface area contributed by atoms with Crippen molar-refractivity contribution in [2.75, 3.05) is 55.7 Å². The molecule has 0 spiro atoms. The second-order valence-electron chi connectivity index (χ2n) is 7.92. The number of amides is 1. The number of carbonyl (C=O) groups excluding carboxylic acids is 1. The normalized spacial score (nSPS) is 24.5. The van der Waals surface area contributed by atoms with Gasteiger partial charge in [0.2, 0.25) is 5.91 Å². The first-order valence-corrected chi connectivity index (χ1v) is 10.3. The van der Waals surface area contributed by atoms with Crippen LogP contribution in [-0.2, 0) is 16.0 Å². The Balaban J connectivity index is 1.46. The van der Waals surface area contributed by atoms with E-state index in [0.29, 0.717) is 32.2 Å². The number of para-hydroxylation sites is 2. The highest BCUT2D eigenvalue weighted by atomic mass is 16.5. The fourth-order valence-electron chi connectivity index (χ4n) is 4.93. The summed E-state index contributed by atoms with van der Waals surface area (Å²) in [4.78, 5) is 20.4. The minimum absolute atomic E-state index is 0.000452. The van der Waals surface area contributed by atoms with Crippen molar-refractivity contribution in [1.29, 1.82) is 0 Å². The zero-order chi connectivity index (χ0) is 18.9. The lowest BCUT2D eigenvalue weighted by Gasteiger charge is -2.50. The monoisotopic (exact) mass is 377 g/mol. The van der Waals surface area contributed by atoms with Crippen molar-refractivity contribution in [2.45, 2.75) is 12.5 Å². The molecular formula is C23H27N3O2. The average Bonchev–Trinajstić information content (AvgIpc) is 2.79. The third-order valence-electron chi connectivity index (χ3n) is 6.39. The first kappa shape index (κ1) is 17.6. The maximum absolute atomic E-state index is 13.5. The zero-order valence-electron chi connectivity index (χ0n) is 16.2. The molecule has 0 aliphatic carbocycles. The summed E-state index contributed by atoms with van der Waals surface area (Å²) in [6, 6.07) is 19.4. The smallest absolute Gasteiger partial charge is 0.228 e. The summed E-state index contributed by atoms with van der Waals surface area (Å²) in [5, 5.41) is 0. The van der Waals surface area contributed by atoms with E-state index in [2.05, 4.69) is 64.4 Å². The SMILES string of the molecule is O=C([C@H]1Cc2ccccc2N2CCN(c3ccccc3)C[C@@H]12)N1CCOCC1. The Bertz CT molecular complexity index is 835. The molecule has 2 atom stereocenters. The summed E-state index contributed by atoms with van der Waals surface area (Å²) < 4.78 is 5.46. The van der Waals surface area contributed by atoms with Crippen molar-refractivity contribution >= 4 is 17.3 Å². The number of ether oxygens (including phenoxy) is 1. The lowest BCUT2D eigenvalue weighted by Crippen LogP contribution is -2.62. The van der Waals surface area contributed by atoms with E-state index in [1.807, 2.05) is 4.90 Å². The summed E-state index contributed by atoms with van der Waals surface area (Å²) in [5.74, 6) is 0.294. The van der Waals surface area contributed by atoms with Crippen molar-refractivity contribution in [2.24, 2.45) is 5.92 Å². The van der Waals surface area contributed by atoms with Gasteiger partial charge in [-0.15, -0.1) is 0 Å². The molecule has 2 aromatic carbocycles. The number of morpholine rings is 1. The van der Waals surface area contributed by atoms with Crippen molar-refractivity contribution in [3.63, 3.8) is 0 Å². The minimum atomic E-state index is -0.000452. The maximum Gasteiger partial charge on any atom is 0.228 e. The molecule has 5 rings (SSSR count). The molecule has 3 aliphatic heterocycles. The number of benzene rings is 2. The lowest BCUT2D eigenvalue weighted by atomic mass is 9.83. The molecule has 0 saturated carbocycles. The van der Waals surface area contributed by atoms with Gasteiger partial charge in [0, 0.05) is 44.1 Å². The number of carbonyl (C=O) groups is 1. The van der Waals surface area contributed by atoms with Crippen LogP contribution in [0.5, 0.6) is 0 Å². The van der Waals surface area contributed by atoms with Gasteiger partial charge in [0.25, 0.3) is 0 Å². The van der Waals surface area contributed by atoms with Gasteiger partial charge in [-0.25, -0.2) is 0 Å². The molecular weight excluding hydrogens is 350 g/mol. The number of hydrogen-bond donors (Lipinski definition) is 0. The molecule has 0 bridgehead atoms. The van der Waals surface area contributed by atoms with Crippen LogP contribution in [-0.4, -0.2) is 62.8 Å². The van der Waals surface area contributed by atoms with Crippen molar-refractivity contribution < 1.29 is 9.53 Å². The number of rotatable bonds is 2. The molecule has 146 valence electrons. The Morgan fingerprint density at radius 1 is 0.893 bits per heavy atom. The highest BCUT2D eigenvalue weighted by Crippen LogP contribution is 2.37. The van der Waals surface area contributed by atoms with Gasteiger partial charge in [0.15, 0.2) is 0 Å². The molecule has 1 amide bonds. The molecule has 3 aliphatic rings. The van der Waals surface area contributed by atoms with Crippen LogP contribution in [0.4, 0.5) is 11.4 Å². The number of anilines is 2. The Hall–Kier alpha value is -2.53. The molecule has 0 unspecified atom stereocenters. The quantitative estimate of drug-likeness (QED) is 0.805. The van der Waals surface area contributed by atoms with Crippen LogP contribution in [0.2, 0.25) is 0 Å². The topological polar surface area (TPSA) is 36.0 Å². The third kappa shape index (κ3) is 3.14. The van der Waals surface area contributed by atoms with E-state index in [9.17, 15) is 4.79 Å². The number of fused-ring (bicyclic) bond motifs is 3. The first-order valence-electron chi connectivity index (χ1n) is 10.3. The van der Waals surface area contributed by atoms with Crippen molar-refractivity contribution in [1.82, 2.24) is 4.90 Å². The largest absolute Gasteiger partial charge is 0.378 e. The molecule has 5 nitrogen and oxygen atoms in total. The summed E-state index contributed by atoms with van der Waals surface area (Å²) in [6.45, 7) is 5.55. The average molecular weight is 377 g/mol. The Kier molecular flexibility index (Phi) is 4.69. The molecule has 5 heteroatoms. The van der Waals surface area contributed by atoms with Gasteiger partial charge in [0.05, 0.1) is 25.2 Å². The Morgan fingerprint density at radius 2 is 1.64 bits per heavy atom. The highest BCUT2D eigenvalue weighted by Gasteiger charge is 2.43. The first-order chi connectivity index (χ1) is 13.8. The third-order valence-corrected chi connectivity index (χ3v) is 6.39. The van der Waals surface area contributed by atoms with Gasteiger partial charge in [-0.05, 0) is 30.2 Å². The summed E-state index contributed by atoms with van der Waals surface area (Å²) >= 11 is 0. The lowest BCUT2D eigenvalue weighted by molar-refractivity contribution is -0.140. The maximum atomic E-state index is 13.5. The molecule has 28 heavy (non-hydrogen) atoms. The van der Waals surface area contributed by atoms with Gasteiger partial charge in [-0.1, -0.05) is 36.4 Å². The second-order valence-corrected chi connectivity index (χ2v) is 7.92. The van der Waals surface area contributed by atoms with E-state index in [4.69, 9.17) is 4.74 Å². The zero-order valence-corrected chi connectivity index (χ0v) is 16.2. The van der Waals surface area contributed by atoms with Gasteiger partial charge >= 0.3 is 0 Å². The van der Waals surface area contributed by atoms with Crippen LogP contribution in [0.15, 0.2) is 54.6 Å². The molecule has 0 N–H and O–H groups in total. The van der Waals surface area contributed by atoms with Crippen molar-refractivity contribution in [3.8, 4) is 0 Å². The standard InChI is InChI=1S/C23H27N3O2/c27-23(24-12-14-28-15-13-24)20-16-18-6-4-5-9-21(18)26-11-10-25(17-22(20)26)19-7-2-1-3-8-19/h1-9,20,22H,10-17H2/t20-,22-/m0/s1. The van der Waals surface area contributed by atoms with E-state index >= 15 is 0 Å². The van der Waals surface area contributed by atoms with Crippen LogP contribution < -0.4 is 9.80 Å². The summed E-state index contributed by atoms with van der Waals surface area (Å²) in [6.07, 6.45) is 0.830. The van der Waals surface area contributed by atoms with E-state index in [1.54, 1.807) is 0 Å². The Morgan fingerprint density at radius 3 is 2.46 bits per heavy atom. The van der Waals surface area contributed by atoms with E-state index in [1.165, 1.54) is 16.9 Å². The number of piperazine rings is 1. The molecule has 3 heterocycles. The Labute approximate surface area is 166 Å².